The molecule has 0 bridgehead atoms. The van der Waals surface area contributed by atoms with Crippen LogP contribution in [0.5, 0.6) is 0 Å². The average Bonchev–Trinajstić information content (AvgIpc) is 2.82. The summed E-state index contributed by atoms with van der Waals surface area (Å²) in [5.74, 6) is -0.476. The Morgan fingerprint density at radius 2 is 2.29 bits per heavy atom. The van der Waals surface area contributed by atoms with Gasteiger partial charge in [0.05, 0.1) is 11.5 Å². The molecule has 21 heavy (non-hydrogen) atoms. The minimum atomic E-state index is -0.647. The number of carbonyl (C=O) groups is 1. The van der Waals surface area contributed by atoms with Gasteiger partial charge in [0.25, 0.3) is 11.6 Å². The van der Waals surface area contributed by atoms with Crippen molar-refractivity contribution in [3.63, 3.8) is 0 Å². The molecule has 2 heterocycles. The van der Waals surface area contributed by atoms with Gasteiger partial charge in [-0.05, 0) is 28.1 Å². The molecule has 1 amide bonds. The second-order valence-electron chi connectivity index (χ2n) is 4.17. The van der Waals surface area contributed by atoms with Gasteiger partial charge in [-0.1, -0.05) is 11.6 Å². The summed E-state index contributed by atoms with van der Waals surface area (Å²) < 4.78 is 0.932. The Balaban J connectivity index is 2.26. The second kappa shape index (κ2) is 6.50. The number of hydrogen-bond donors (Lipinski definition) is 0. The number of amides is 1. The first kappa shape index (κ1) is 15.9. The van der Waals surface area contributed by atoms with Gasteiger partial charge in [0.2, 0.25) is 0 Å². The summed E-state index contributed by atoms with van der Waals surface area (Å²) in [5, 5.41) is 12.9. The molecular weight excluding hydrogens is 382 g/mol. The second-order valence-corrected chi connectivity index (χ2v) is 6.47. The van der Waals surface area contributed by atoms with E-state index in [0.29, 0.717) is 6.54 Å². The first-order valence-corrected chi connectivity index (χ1v) is 7.72. The van der Waals surface area contributed by atoms with Crippen LogP contribution in [0.1, 0.15) is 15.2 Å². The van der Waals surface area contributed by atoms with Crippen molar-refractivity contribution in [1.82, 2.24) is 9.88 Å². The molecule has 0 spiro atoms. The SMILES string of the molecule is CN(Cc1cc(Br)cs1)C(=O)c1cc(Cl)ncc1[N+](=O)[O-]. The van der Waals surface area contributed by atoms with Crippen molar-refractivity contribution in [2.24, 2.45) is 0 Å². The van der Waals surface area contributed by atoms with Crippen molar-refractivity contribution in [1.29, 1.82) is 0 Å². The van der Waals surface area contributed by atoms with E-state index in [1.165, 1.54) is 22.3 Å². The summed E-state index contributed by atoms with van der Waals surface area (Å²) >= 11 is 10.6. The monoisotopic (exact) mass is 389 g/mol. The molecule has 110 valence electrons. The standard InChI is InChI=1S/C12H9BrClN3O3S/c1-16(5-8-2-7(13)6-21-8)12(18)9-3-11(14)15-4-10(9)17(19)20/h2-4,6H,5H2,1H3. The number of aromatic nitrogens is 1. The van der Waals surface area contributed by atoms with Crippen molar-refractivity contribution in [3.05, 3.63) is 53.9 Å². The van der Waals surface area contributed by atoms with E-state index >= 15 is 0 Å². The fraction of sp³-hybridized carbons (Fsp3) is 0.167. The molecule has 0 aliphatic rings. The highest BCUT2D eigenvalue weighted by Crippen LogP contribution is 2.24. The number of hydrogen-bond acceptors (Lipinski definition) is 5. The topological polar surface area (TPSA) is 76.3 Å². The summed E-state index contributed by atoms with van der Waals surface area (Å²) in [4.78, 5) is 28.7. The summed E-state index contributed by atoms with van der Waals surface area (Å²) in [6.45, 7) is 0.353. The molecule has 0 aliphatic carbocycles. The Kier molecular flexibility index (Phi) is 4.92. The molecule has 0 N–H and O–H groups in total. The summed E-state index contributed by atoms with van der Waals surface area (Å²) in [6.07, 6.45) is 0.991. The van der Waals surface area contributed by atoms with E-state index in [2.05, 4.69) is 20.9 Å². The van der Waals surface area contributed by atoms with Crippen LogP contribution < -0.4 is 0 Å². The minimum Gasteiger partial charge on any atom is -0.336 e. The lowest BCUT2D eigenvalue weighted by atomic mass is 10.2. The van der Waals surface area contributed by atoms with Gasteiger partial charge in [-0.2, -0.15) is 0 Å². The van der Waals surface area contributed by atoms with Gasteiger partial charge >= 0.3 is 0 Å². The normalized spacial score (nSPS) is 10.4. The zero-order chi connectivity index (χ0) is 15.6. The highest BCUT2D eigenvalue weighted by molar-refractivity contribution is 9.10. The zero-order valence-electron chi connectivity index (χ0n) is 10.7. The lowest BCUT2D eigenvalue weighted by Crippen LogP contribution is -2.26. The largest absolute Gasteiger partial charge is 0.336 e. The number of carbonyl (C=O) groups excluding carboxylic acids is 1. The van der Waals surface area contributed by atoms with Crippen LogP contribution in [0.2, 0.25) is 5.15 Å². The Bertz CT molecular complexity index is 707. The molecular formula is C12H9BrClN3O3S. The molecule has 0 fully saturated rings. The van der Waals surface area contributed by atoms with Crippen LogP contribution in [0.3, 0.4) is 0 Å². The number of halogens is 2. The maximum atomic E-state index is 12.4. The summed E-state index contributed by atoms with van der Waals surface area (Å²) in [7, 11) is 1.58. The van der Waals surface area contributed by atoms with Crippen molar-refractivity contribution in [2.75, 3.05) is 7.05 Å². The third kappa shape index (κ3) is 3.78. The highest BCUT2D eigenvalue weighted by atomic mass is 79.9. The Morgan fingerprint density at radius 3 is 2.86 bits per heavy atom. The maximum absolute atomic E-state index is 12.4. The van der Waals surface area contributed by atoms with Crippen LogP contribution in [0.25, 0.3) is 0 Å². The van der Waals surface area contributed by atoms with Crippen molar-refractivity contribution in [3.8, 4) is 0 Å². The van der Waals surface area contributed by atoms with Crippen molar-refractivity contribution in [2.45, 2.75) is 6.54 Å². The van der Waals surface area contributed by atoms with E-state index in [9.17, 15) is 14.9 Å². The fourth-order valence-corrected chi connectivity index (χ4v) is 3.35. The Hall–Kier alpha value is -1.51. The molecule has 2 aromatic rings. The number of nitro groups is 1. The third-order valence-corrected chi connectivity index (χ3v) is 4.53. The van der Waals surface area contributed by atoms with E-state index < -0.39 is 10.8 Å². The van der Waals surface area contributed by atoms with E-state index in [4.69, 9.17) is 11.6 Å². The lowest BCUT2D eigenvalue weighted by molar-refractivity contribution is -0.385. The zero-order valence-corrected chi connectivity index (χ0v) is 13.9. The van der Waals surface area contributed by atoms with Gasteiger partial charge in [0.15, 0.2) is 0 Å². The van der Waals surface area contributed by atoms with Crippen LogP contribution in [0.15, 0.2) is 28.2 Å². The summed E-state index contributed by atoms with van der Waals surface area (Å²) in [5.41, 5.74) is -0.429. The predicted octanol–water partition coefficient (Wildman–Crippen LogP) is 3.74. The molecule has 2 rings (SSSR count). The molecule has 0 unspecified atom stereocenters. The number of pyridine rings is 1. The first-order valence-electron chi connectivity index (χ1n) is 5.67. The van der Waals surface area contributed by atoms with Crippen molar-refractivity contribution >= 4 is 50.5 Å². The first-order chi connectivity index (χ1) is 9.88. The van der Waals surface area contributed by atoms with E-state index in [0.717, 1.165) is 15.5 Å². The van der Waals surface area contributed by atoms with Gasteiger partial charge < -0.3 is 4.90 Å². The van der Waals surface area contributed by atoms with E-state index in [1.807, 2.05) is 11.4 Å². The van der Waals surface area contributed by atoms with Gasteiger partial charge in [-0.25, -0.2) is 4.98 Å². The van der Waals surface area contributed by atoms with Gasteiger partial charge in [-0.15, -0.1) is 11.3 Å². The Labute approximate surface area is 137 Å². The van der Waals surface area contributed by atoms with Crippen LogP contribution in [-0.2, 0) is 6.54 Å². The van der Waals surface area contributed by atoms with Crippen molar-refractivity contribution < 1.29 is 9.72 Å². The number of rotatable bonds is 4. The average molecular weight is 391 g/mol. The Morgan fingerprint density at radius 1 is 1.57 bits per heavy atom. The molecule has 0 aliphatic heterocycles. The third-order valence-electron chi connectivity index (χ3n) is 2.64. The number of nitrogens with zero attached hydrogens (tertiary/aromatic N) is 3. The van der Waals surface area contributed by atoms with Crippen LogP contribution in [-0.4, -0.2) is 27.8 Å². The molecule has 0 radical (unpaired) electrons. The molecule has 6 nitrogen and oxygen atoms in total. The molecule has 0 saturated carbocycles. The van der Waals surface area contributed by atoms with E-state index in [-0.39, 0.29) is 16.4 Å². The lowest BCUT2D eigenvalue weighted by Gasteiger charge is -2.16. The fourth-order valence-electron chi connectivity index (χ4n) is 1.69. The molecule has 2 aromatic heterocycles. The quantitative estimate of drug-likeness (QED) is 0.453. The molecule has 0 saturated heterocycles. The van der Waals surface area contributed by atoms with Gasteiger partial charge in [0.1, 0.15) is 16.9 Å². The number of thiophene rings is 1. The highest BCUT2D eigenvalue weighted by Gasteiger charge is 2.24. The van der Waals surface area contributed by atoms with E-state index in [1.54, 1.807) is 7.05 Å². The maximum Gasteiger partial charge on any atom is 0.300 e. The molecule has 0 aromatic carbocycles. The smallest absolute Gasteiger partial charge is 0.300 e. The van der Waals surface area contributed by atoms with Gasteiger partial charge in [0, 0.05) is 21.8 Å². The minimum absolute atomic E-state index is 0.0382. The molecule has 9 heteroatoms. The van der Waals surface area contributed by atoms with Crippen LogP contribution >= 0.6 is 38.9 Å². The summed E-state index contributed by atoms with van der Waals surface area (Å²) in [6, 6.07) is 3.10. The van der Waals surface area contributed by atoms with Crippen LogP contribution in [0.4, 0.5) is 5.69 Å². The van der Waals surface area contributed by atoms with Gasteiger partial charge in [-0.3, -0.25) is 14.9 Å². The molecule has 0 atom stereocenters. The predicted molar refractivity (Wildman–Crippen MR) is 83.7 cm³/mol. The van der Waals surface area contributed by atoms with Crippen LogP contribution in [0, 0.1) is 10.1 Å².